The standard InChI is InChI=1S/C16H34ClN/c1-5-7-8-9-10-11-12-13-14-15-16(17,6-2)18(3)4/h5-15H2,1-4H3. The normalized spacial score (nSPS) is 15.0. The highest BCUT2D eigenvalue weighted by Crippen LogP contribution is 2.29. The smallest absolute Gasteiger partial charge is 0.0952 e. The Morgan fingerprint density at radius 3 is 1.61 bits per heavy atom. The van der Waals surface area contributed by atoms with Crippen molar-refractivity contribution < 1.29 is 0 Å². The van der Waals surface area contributed by atoms with Gasteiger partial charge in [-0.25, -0.2) is 0 Å². The minimum Gasteiger partial charge on any atom is -0.291 e. The Balaban J connectivity index is 3.39. The molecule has 0 aliphatic carbocycles. The van der Waals surface area contributed by atoms with Gasteiger partial charge in [-0.05, 0) is 26.9 Å². The van der Waals surface area contributed by atoms with Crippen molar-refractivity contribution in [2.24, 2.45) is 0 Å². The molecule has 0 rings (SSSR count). The SMILES string of the molecule is CCCCCCCCCCCC(Cl)(CC)N(C)C. The largest absolute Gasteiger partial charge is 0.291 e. The average molecular weight is 276 g/mol. The summed E-state index contributed by atoms with van der Waals surface area (Å²) in [5.74, 6) is 0. The van der Waals surface area contributed by atoms with E-state index in [9.17, 15) is 0 Å². The Labute approximate surface area is 120 Å². The highest BCUT2D eigenvalue weighted by atomic mass is 35.5. The first-order valence-electron chi connectivity index (χ1n) is 7.93. The van der Waals surface area contributed by atoms with E-state index in [1.54, 1.807) is 0 Å². The van der Waals surface area contributed by atoms with Crippen molar-refractivity contribution >= 4 is 11.6 Å². The van der Waals surface area contributed by atoms with Gasteiger partial charge in [0.1, 0.15) is 0 Å². The Hall–Kier alpha value is 0.250. The Morgan fingerprint density at radius 2 is 1.22 bits per heavy atom. The topological polar surface area (TPSA) is 3.24 Å². The molecular formula is C16H34ClN. The van der Waals surface area contributed by atoms with Crippen LogP contribution in [-0.4, -0.2) is 24.0 Å². The zero-order valence-corrected chi connectivity index (χ0v) is 13.9. The summed E-state index contributed by atoms with van der Waals surface area (Å²) < 4.78 is 0. The molecule has 1 unspecified atom stereocenters. The average Bonchev–Trinajstić information content (AvgIpc) is 2.36. The fraction of sp³-hybridized carbons (Fsp3) is 1.00. The van der Waals surface area contributed by atoms with Crippen LogP contribution >= 0.6 is 11.6 Å². The van der Waals surface area contributed by atoms with Crippen LogP contribution in [0.1, 0.15) is 84.5 Å². The minimum absolute atomic E-state index is 0.110. The van der Waals surface area contributed by atoms with E-state index >= 15 is 0 Å². The fourth-order valence-electron chi connectivity index (χ4n) is 2.42. The van der Waals surface area contributed by atoms with Gasteiger partial charge in [0.2, 0.25) is 0 Å². The Kier molecular flexibility index (Phi) is 11.3. The molecule has 1 nitrogen and oxygen atoms in total. The van der Waals surface area contributed by atoms with Gasteiger partial charge in [0.25, 0.3) is 0 Å². The molecule has 0 aromatic carbocycles. The molecule has 0 amide bonds. The lowest BCUT2D eigenvalue weighted by Crippen LogP contribution is -2.37. The third-order valence-electron chi connectivity index (χ3n) is 4.01. The van der Waals surface area contributed by atoms with Crippen molar-refractivity contribution in [3.8, 4) is 0 Å². The molecule has 0 N–H and O–H groups in total. The van der Waals surface area contributed by atoms with Crippen LogP contribution in [0.5, 0.6) is 0 Å². The van der Waals surface area contributed by atoms with Crippen LogP contribution in [0.15, 0.2) is 0 Å². The number of halogens is 1. The number of alkyl halides is 1. The van der Waals surface area contributed by atoms with E-state index in [0.717, 1.165) is 12.8 Å². The maximum atomic E-state index is 6.58. The number of rotatable bonds is 12. The second kappa shape index (κ2) is 11.1. The van der Waals surface area contributed by atoms with E-state index in [4.69, 9.17) is 11.6 Å². The maximum absolute atomic E-state index is 6.58. The molecule has 18 heavy (non-hydrogen) atoms. The molecule has 0 aliphatic heterocycles. The lowest BCUT2D eigenvalue weighted by atomic mass is 10.0. The van der Waals surface area contributed by atoms with Gasteiger partial charge in [-0.2, -0.15) is 0 Å². The van der Waals surface area contributed by atoms with Gasteiger partial charge < -0.3 is 0 Å². The molecule has 0 aliphatic rings. The Bertz CT molecular complexity index is 182. The van der Waals surface area contributed by atoms with E-state index in [-0.39, 0.29) is 5.00 Å². The van der Waals surface area contributed by atoms with Crippen molar-refractivity contribution in [3.05, 3.63) is 0 Å². The van der Waals surface area contributed by atoms with Gasteiger partial charge in [-0.1, -0.05) is 71.6 Å². The highest BCUT2D eigenvalue weighted by molar-refractivity contribution is 6.23. The van der Waals surface area contributed by atoms with E-state index in [1.807, 2.05) is 0 Å². The third-order valence-corrected chi connectivity index (χ3v) is 4.80. The Morgan fingerprint density at radius 1 is 0.778 bits per heavy atom. The molecular weight excluding hydrogens is 242 g/mol. The van der Waals surface area contributed by atoms with Crippen molar-refractivity contribution in [2.75, 3.05) is 14.1 Å². The molecule has 110 valence electrons. The van der Waals surface area contributed by atoms with Crippen molar-refractivity contribution in [3.63, 3.8) is 0 Å². The quantitative estimate of drug-likeness (QED) is 0.247. The molecule has 0 spiro atoms. The summed E-state index contributed by atoms with van der Waals surface area (Å²) in [6, 6.07) is 0. The van der Waals surface area contributed by atoms with Crippen LogP contribution in [-0.2, 0) is 0 Å². The van der Waals surface area contributed by atoms with Crippen LogP contribution in [0, 0.1) is 0 Å². The lowest BCUT2D eigenvalue weighted by Gasteiger charge is -2.33. The van der Waals surface area contributed by atoms with Crippen LogP contribution in [0.25, 0.3) is 0 Å². The summed E-state index contributed by atoms with van der Waals surface area (Å²) >= 11 is 6.58. The van der Waals surface area contributed by atoms with Gasteiger partial charge >= 0.3 is 0 Å². The minimum atomic E-state index is -0.110. The summed E-state index contributed by atoms with van der Waals surface area (Å²) in [5, 5.41) is 0. The second-order valence-corrected chi connectivity index (χ2v) is 6.45. The molecule has 1 atom stereocenters. The van der Waals surface area contributed by atoms with Gasteiger partial charge in [-0.3, -0.25) is 4.90 Å². The van der Waals surface area contributed by atoms with E-state index in [1.165, 1.54) is 57.8 Å². The first-order valence-corrected chi connectivity index (χ1v) is 8.31. The third kappa shape index (κ3) is 8.37. The predicted octanol–water partition coefficient (Wildman–Crippen LogP) is 5.81. The maximum Gasteiger partial charge on any atom is 0.0952 e. The van der Waals surface area contributed by atoms with Crippen molar-refractivity contribution in [1.82, 2.24) is 4.90 Å². The van der Waals surface area contributed by atoms with Crippen LogP contribution < -0.4 is 0 Å². The molecule has 0 aromatic heterocycles. The molecule has 0 aromatic rings. The van der Waals surface area contributed by atoms with Crippen LogP contribution in [0.2, 0.25) is 0 Å². The summed E-state index contributed by atoms with van der Waals surface area (Å²) in [6.07, 6.45) is 14.6. The summed E-state index contributed by atoms with van der Waals surface area (Å²) in [6.45, 7) is 4.46. The van der Waals surface area contributed by atoms with Crippen molar-refractivity contribution in [2.45, 2.75) is 89.5 Å². The number of hydrogen-bond donors (Lipinski definition) is 0. The zero-order chi connectivity index (χ0) is 13.9. The fourth-order valence-corrected chi connectivity index (χ4v) is 2.56. The summed E-state index contributed by atoms with van der Waals surface area (Å²) in [4.78, 5) is 2.06. The summed E-state index contributed by atoms with van der Waals surface area (Å²) in [7, 11) is 4.18. The molecule has 0 bridgehead atoms. The number of nitrogens with zero attached hydrogens (tertiary/aromatic N) is 1. The van der Waals surface area contributed by atoms with Gasteiger partial charge in [0, 0.05) is 0 Å². The van der Waals surface area contributed by atoms with Gasteiger partial charge in [-0.15, -0.1) is 11.6 Å². The molecule has 2 heteroatoms. The zero-order valence-electron chi connectivity index (χ0n) is 13.1. The molecule has 0 saturated carbocycles. The first kappa shape index (κ1) is 18.2. The van der Waals surface area contributed by atoms with E-state index < -0.39 is 0 Å². The lowest BCUT2D eigenvalue weighted by molar-refractivity contribution is 0.220. The number of hydrogen-bond acceptors (Lipinski definition) is 1. The van der Waals surface area contributed by atoms with Crippen LogP contribution in [0.4, 0.5) is 0 Å². The van der Waals surface area contributed by atoms with Gasteiger partial charge in [0.15, 0.2) is 0 Å². The summed E-state index contributed by atoms with van der Waals surface area (Å²) in [5.41, 5.74) is 0. The monoisotopic (exact) mass is 275 g/mol. The molecule has 0 heterocycles. The number of unbranched alkanes of at least 4 members (excludes halogenated alkanes) is 8. The van der Waals surface area contributed by atoms with Crippen molar-refractivity contribution in [1.29, 1.82) is 0 Å². The first-order chi connectivity index (χ1) is 8.56. The second-order valence-electron chi connectivity index (χ2n) is 5.74. The molecule has 0 fully saturated rings. The van der Waals surface area contributed by atoms with Gasteiger partial charge in [0.05, 0.1) is 5.00 Å². The van der Waals surface area contributed by atoms with E-state index in [2.05, 4.69) is 32.8 Å². The molecule has 0 saturated heterocycles. The predicted molar refractivity (Wildman–Crippen MR) is 84.4 cm³/mol. The van der Waals surface area contributed by atoms with Crippen LogP contribution in [0.3, 0.4) is 0 Å². The van der Waals surface area contributed by atoms with E-state index in [0.29, 0.717) is 0 Å². The highest BCUT2D eigenvalue weighted by Gasteiger charge is 2.26. The molecule has 0 radical (unpaired) electrons.